The number of hydrogen-bond donors (Lipinski definition) is 1. The van der Waals surface area contributed by atoms with Gasteiger partial charge in [-0.2, -0.15) is 0 Å². The maximum atomic E-state index is 13.5. The molecule has 1 N–H and O–H groups in total. The van der Waals surface area contributed by atoms with Crippen molar-refractivity contribution in [3.8, 4) is 0 Å². The van der Waals surface area contributed by atoms with Crippen molar-refractivity contribution in [2.75, 3.05) is 5.32 Å². The summed E-state index contributed by atoms with van der Waals surface area (Å²) in [6.07, 6.45) is 1.41. The fraction of sp³-hybridized carbons (Fsp3) is 0. The van der Waals surface area contributed by atoms with Gasteiger partial charge in [0.05, 0.1) is 5.69 Å². The van der Waals surface area contributed by atoms with Gasteiger partial charge in [0.15, 0.2) is 0 Å². The molecule has 0 saturated carbocycles. The van der Waals surface area contributed by atoms with Crippen molar-refractivity contribution in [1.29, 1.82) is 0 Å². The summed E-state index contributed by atoms with van der Waals surface area (Å²) in [5.41, 5.74) is 0.403. The molecule has 6 heteroatoms. The van der Waals surface area contributed by atoms with Gasteiger partial charge in [-0.3, -0.25) is 4.79 Å². The number of nitrogens with zero attached hydrogens (tertiary/aromatic N) is 1. The third kappa shape index (κ3) is 2.86. The van der Waals surface area contributed by atoms with E-state index in [2.05, 4.69) is 26.2 Å². The Labute approximate surface area is 116 Å². The van der Waals surface area contributed by atoms with E-state index in [9.17, 15) is 9.18 Å². The molecule has 1 heterocycles. The van der Waals surface area contributed by atoms with Crippen molar-refractivity contribution in [1.82, 2.24) is 4.98 Å². The van der Waals surface area contributed by atoms with E-state index in [1.165, 1.54) is 24.4 Å². The molecular weight excluding hydrogens is 323 g/mol. The Kier molecular flexibility index (Phi) is 3.93. The highest BCUT2D eigenvalue weighted by atomic mass is 79.9. The van der Waals surface area contributed by atoms with Gasteiger partial charge < -0.3 is 5.32 Å². The van der Waals surface area contributed by atoms with Crippen LogP contribution < -0.4 is 5.32 Å². The number of amides is 1. The average molecular weight is 330 g/mol. The fourth-order valence-corrected chi connectivity index (χ4v) is 1.96. The Hall–Kier alpha value is -1.46. The number of nitrogens with one attached hydrogen (secondary N) is 1. The number of carbonyl (C=O) groups excluding carboxylic acids is 1. The molecule has 0 fully saturated rings. The van der Waals surface area contributed by atoms with Gasteiger partial charge in [-0.1, -0.05) is 17.7 Å². The second kappa shape index (κ2) is 5.46. The van der Waals surface area contributed by atoms with E-state index >= 15 is 0 Å². The molecule has 0 spiro atoms. The zero-order valence-corrected chi connectivity index (χ0v) is 11.3. The summed E-state index contributed by atoms with van der Waals surface area (Å²) in [6.45, 7) is 0. The minimum absolute atomic E-state index is 0.0930. The first-order chi connectivity index (χ1) is 8.58. The minimum atomic E-state index is -0.516. The van der Waals surface area contributed by atoms with Crippen molar-refractivity contribution in [2.45, 2.75) is 0 Å². The molecule has 2 aromatic rings. The number of aromatic nitrogens is 1. The minimum Gasteiger partial charge on any atom is -0.319 e. The van der Waals surface area contributed by atoms with E-state index in [1.54, 1.807) is 12.1 Å². The quantitative estimate of drug-likeness (QED) is 0.849. The predicted octanol–water partition coefficient (Wildman–Crippen LogP) is 3.89. The van der Waals surface area contributed by atoms with E-state index in [0.29, 0.717) is 10.0 Å². The van der Waals surface area contributed by atoms with E-state index in [1.807, 2.05) is 0 Å². The third-order valence-electron chi connectivity index (χ3n) is 2.19. The SMILES string of the molecule is O=C(Nc1c(F)cccc1Br)c1ccnc(Cl)c1. The number of rotatable bonds is 2. The van der Waals surface area contributed by atoms with Gasteiger partial charge in [0.1, 0.15) is 11.0 Å². The van der Waals surface area contributed by atoms with Gasteiger partial charge in [0, 0.05) is 16.2 Å². The molecule has 0 bridgehead atoms. The third-order valence-corrected chi connectivity index (χ3v) is 3.06. The van der Waals surface area contributed by atoms with Gasteiger partial charge in [-0.05, 0) is 40.2 Å². The molecular formula is C12H7BrClFN2O. The standard InChI is InChI=1S/C12H7BrClFN2O/c13-8-2-1-3-9(15)11(8)17-12(18)7-4-5-16-10(14)6-7/h1-6H,(H,17,18). The number of halogens is 3. The highest BCUT2D eigenvalue weighted by Gasteiger charge is 2.12. The topological polar surface area (TPSA) is 42.0 Å². The lowest BCUT2D eigenvalue weighted by molar-refractivity contribution is 0.102. The van der Waals surface area contributed by atoms with Crippen LogP contribution in [0.25, 0.3) is 0 Å². The predicted molar refractivity (Wildman–Crippen MR) is 71.3 cm³/mol. The molecule has 18 heavy (non-hydrogen) atoms. The van der Waals surface area contributed by atoms with E-state index in [0.717, 1.165) is 0 Å². The maximum Gasteiger partial charge on any atom is 0.255 e. The van der Waals surface area contributed by atoms with Crippen LogP contribution in [0.1, 0.15) is 10.4 Å². The molecule has 0 aliphatic carbocycles. The van der Waals surface area contributed by atoms with Crippen molar-refractivity contribution in [2.24, 2.45) is 0 Å². The van der Waals surface area contributed by atoms with Crippen molar-refractivity contribution in [3.05, 3.63) is 57.5 Å². The van der Waals surface area contributed by atoms with E-state index in [4.69, 9.17) is 11.6 Å². The number of carbonyl (C=O) groups is 1. The van der Waals surface area contributed by atoms with Crippen molar-refractivity contribution < 1.29 is 9.18 Å². The van der Waals surface area contributed by atoms with Crippen LogP contribution in [0.2, 0.25) is 5.15 Å². The first-order valence-corrected chi connectivity index (χ1v) is 6.12. The molecule has 0 unspecified atom stereocenters. The first-order valence-electron chi connectivity index (χ1n) is 4.95. The number of para-hydroxylation sites is 1. The van der Waals surface area contributed by atoms with E-state index < -0.39 is 11.7 Å². The zero-order chi connectivity index (χ0) is 13.1. The number of benzene rings is 1. The molecule has 0 aliphatic rings. The van der Waals surface area contributed by atoms with Crippen LogP contribution in [0.5, 0.6) is 0 Å². The van der Waals surface area contributed by atoms with Crippen LogP contribution >= 0.6 is 27.5 Å². The molecule has 0 atom stereocenters. The van der Waals surface area contributed by atoms with Gasteiger partial charge in [-0.25, -0.2) is 9.37 Å². The van der Waals surface area contributed by atoms with Crippen LogP contribution in [-0.4, -0.2) is 10.9 Å². The average Bonchev–Trinajstić information content (AvgIpc) is 2.34. The van der Waals surface area contributed by atoms with Gasteiger partial charge >= 0.3 is 0 Å². The summed E-state index contributed by atoms with van der Waals surface area (Å²) in [5, 5.41) is 2.68. The van der Waals surface area contributed by atoms with Crippen LogP contribution in [0, 0.1) is 5.82 Å². The summed E-state index contributed by atoms with van der Waals surface area (Å²) in [7, 11) is 0. The maximum absolute atomic E-state index is 13.5. The Bertz CT molecular complexity index is 586. The van der Waals surface area contributed by atoms with Crippen molar-refractivity contribution in [3.63, 3.8) is 0 Å². The summed E-state index contributed by atoms with van der Waals surface area (Å²) in [5.74, 6) is -0.969. The smallest absolute Gasteiger partial charge is 0.255 e. The second-order valence-electron chi connectivity index (χ2n) is 3.42. The molecule has 3 nitrogen and oxygen atoms in total. The molecule has 1 amide bonds. The van der Waals surface area contributed by atoms with Gasteiger partial charge in [0.25, 0.3) is 5.91 Å². The lowest BCUT2D eigenvalue weighted by Crippen LogP contribution is -2.13. The Morgan fingerprint density at radius 2 is 2.17 bits per heavy atom. The Balaban J connectivity index is 2.27. The molecule has 0 radical (unpaired) electrons. The van der Waals surface area contributed by atoms with E-state index in [-0.39, 0.29) is 10.8 Å². The molecule has 1 aromatic heterocycles. The van der Waals surface area contributed by atoms with Gasteiger partial charge in [0.2, 0.25) is 0 Å². The number of anilines is 1. The fourth-order valence-electron chi connectivity index (χ4n) is 1.35. The molecule has 92 valence electrons. The Morgan fingerprint density at radius 3 is 2.83 bits per heavy atom. The second-order valence-corrected chi connectivity index (χ2v) is 4.66. The lowest BCUT2D eigenvalue weighted by atomic mass is 10.2. The van der Waals surface area contributed by atoms with Crippen molar-refractivity contribution >= 4 is 39.1 Å². The highest BCUT2D eigenvalue weighted by Crippen LogP contribution is 2.25. The summed E-state index contributed by atoms with van der Waals surface area (Å²) in [6, 6.07) is 7.35. The highest BCUT2D eigenvalue weighted by molar-refractivity contribution is 9.10. The molecule has 0 saturated heterocycles. The zero-order valence-electron chi connectivity index (χ0n) is 8.95. The van der Waals surface area contributed by atoms with Crippen LogP contribution in [0.15, 0.2) is 41.0 Å². The largest absolute Gasteiger partial charge is 0.319 e. The monoisotopic (exact) mass is 328 g/mol. The number of hydrogen-bond acceptors (Lipinski definition) is 2. The van der Waals surface area contributed by atoms with Gasteiger partial charge in [-0.15, -0.1) is 0 Å². The van der Waals surface area contributed by atoms with Crippen LogP contribution in [-0.2, 0) is 0 Å². The number of pyridine rings is 1. The summed E-state index contributed by atoms with van der Waals surface area (Å²) < 4.78 is 14.0. The summed E-state index contributed by atoms with van der Waals surface area (Å²) >= 11 is 8.85. The van der Waals surface area contributed by atoms with Crippen LogP contribution in [0.3, 0.4) is 0 Å². The lowest BCUT2D eigenvalue weighted by Gasteiger charge is -2.08. The first kappa shape index (κ1) is 13.0. The summed E-state index contributed by atoms with van der Waals surface area (Å²) in [4.78, 5) is 15.7. The normalized spacial score (nSPS) is 10.2. The molecule has 1 aromatic carbocycles. The van der Waals surface area contributed by atoms with Crippen LogP contribution in [0.4, 0.5) is 10.1 Å². The Morgan fingerprint density at radius 1 is 1.39 bits per heavy atom. The molecule has 2 rings (SSSR count). The molecule has 0 aliphatic heterocycles.